The van der Waals surface area contributed by atoms with Gasteiger partial charge in [-0.05, 0) is 19.1 Å². The standard InChI is InChI=1S/C13H15N3O2/c1-2-16(10-6-4-3-5-7-10)13(17)11-9-15-12(8-14)18-11/h3-7,9H,2,8,14H2,1H3. The zero-order valence-corrected chi connectivity index (χ0v) is 10.2. The summed E-state index contributed by atoms with van der Waals surface area (Å²) in [5.41, 5.74) is 6.23. The van der Waals surface area contributed by atoms with E-state index in [0.29, 0.717) is 12.4 Å². The average Bonchev–Trinajstić information content (AvgIpc) is 2.89. The van der Waals surface area contributed by atoms with Crippen molar-refractivity contribution in [3.8, 4) is 0 Å². The molecule has 0 fully saturated rings. The molecule has 0 bridgehead atoms. The lowest BCUT2D eigenvalue weighted by Crippen LogP contribution is -2.30. The fourth-order valence-electron chi connectivity index (χ4n) is 1.69. The Labute approximate surface area is 105 Å². The minimum absolute atomic E-state index is 0.185. The van der Waals surface area contributed by atoms with Crippen LogP contribution in [0.3, 0.4) is 0 Å². The molecule has 0 unspecified atom stereocenters. The maximum Gasteiger partial charge on any atom is 0.295 e. The van der Waals surface area contributed by atoms with Crippen LogP contribution in [0.25, 0.3) is 0 Å². The number of benzene rings is 1. The summed E-state index contributed by atoms with van der Waals surface area (Å²) in [7, 11) is 0. The minimum Gasteiger partial charge on any atom is -0.434 e. The van der Waals surface area contributed by atoms with E-state index in [1.807, 2.05) is 37.3 Å². The first-order chi connectivity index (χ1) is 8.76. The monoisotopic (exact) mass is 245 g/mol. The topological polar surface area (TPSA) is 72.4 Å². The summed E-state index contributed by atoms with van der Waals surface area (Å²) in [5.74, 6) is 0.361. The van der Waals surface area contributed by atoms with Crippen molar-refractivity contribution in [2.24, 2.45) is 5.73 Å². The Hall–Kier alpha value is -2.14. The molecule has 0 aliphatic carbocycles. The van der Waals surface area contributed by atoms with Gasteiger partial charge in [0.25, 0.3) is 5.91 Å². The summed E-state index contributed by atoms with van der Waals surface area (Å²) in [4.78, 5) is 17.8. The third kappa shape index (κ3) is 2.41. The number of hydrogen-bond donors (Lipinski definition) is 1. The van der Waals surface area contributed by atoms with Gasteiger partial charge in [-0.2, -0.15) is 0 Å². The van der Waals surface area contributed by atoms with E-state index in [1.165, 1.54) is 6.20 Å². The molecule has 0 saturated carbocycles. The number of oxazole rings is 1. The summed E-state index contributed by atoms with van der Waals surface area (Å²) in [6, 6.07) is 9.43. The summed E-state index contributed by atoms with van der Waals surface area (Å²) >= 11 is 0. The number of nitrogens with two attached hydrogens (primary N) is 1. The molecule has 0 atom stereocenters. The largest absolute Gasteiger partial charge is 0.434 e. The Bertz CT molecular complexity index is 522. The van der Waals surface area contributed by atoms with Gasteiger partial charge in [-0.25, -0.2) is 4.98 Å². The maximum atomic E-state index is 12.3. The van der Waals surface area contributed by atoms with Crippen molar-refractivity contribution in [2.75, 3.05) is 11.4 Å². The van der Waals surface area contributed by atoms with Gasteiger partial charge in [0.2, 0.25) is 11.7 Å². The number of nitrogens with zero attached hydrogens (tertiary/aromatic N) is 2. The van der Waals surface area contributed by atoms with Crippen LogP contribution in [0.1, 0.15) is 23.4 Å². The number of carbonyl (C=O) groups excluding carboxylic acids is 1. The van der Waals surface area contributed by atoms with Gasteiger partial charge >= 0.3 is 0 Å². The van der Waals surface area contributed by atoms with Crippen LogP contribution in [0.2, 0.25) is 0 Å². The summed E-state index contributed by atoms with van der Waals surface area (Å²) in [6.45, 7) is 2.65. The third-order valence-electron chi connectivity index (χ3n) is 2.57. The summed E-state index contributed by atoms with van der Waals surface area (Å²) in [6.07, 6.45) is 1.41. The van der Waals surface area contributed by atoms with E-state index in [-0.39, 0.29) is 18.2 Å². The fraction of sp³-hybridized carbons (Fsp3) is 0.231. The molecule has 0 saturated heterocycles. The molecule has 0 aliphatic heterocycles. The second kappa shape index (κ2) is 5.46. The van der Waals surface area contributed by atoms with Gasteiger partial charge in [0, 0.05) is 12.2 Å². The lowest BCUT2D eigenvalue weighted by Gasteiger charge is -2.19. The molecule has 5 nitrogen and oxygen atoms in total. The van der Waals surface area contributed by atoms with Crippen molar-refractivity contribution >= 4 is 11.6 Å². The van der Waals surface area contributed by atoms with E-state index < -0.39 is 0 Å². The number of amides is 1. The smallest absolute Gasteiger partial charge is 0.295 e. The number of carbonyl (C=O) groups is 1. The Morgan fingerprint density at radius 3 is 2.67 bits per heavy atom. The highest BCUT2D eigenvalue weighted by Gasteiger charge is 2.19. The second-order valence-electron chi connectivity index (χ2n) is 3.71. The van der Waals surface area contributed by atoms with Crippen molar-refractivity contribution < 1.29 is 9.21 Å². The van der Waals surface area contributed by atoms with Crippen molar-refractivity contribution in [1.29, 1.82) is 0 Å². The molecule has 18 heavy (non-hydrogen) atoms. The highest BCUT2D eigenvalue weighted by atomic mass is 16.4. The van der Waals surface area contributed by atoms with Crippen molar-refractivity contribution in [3.05, 3.63) is 48.2 Å². The Kier molecular flexibility index (Phi) is 3.74. The van der Waals surface area contributed by atoms with Crippen LogP contribution in [0.4, 0.5) is 5.69 Å². The summed E-state index contributed by atoms with van der Waals surface area (Å²) in [5, 5.41) is 0. The van der Waals surface area contributed by atoms with E-state index in [9.17, 15) is 4.79 Å². The highest BCUT2D eigenvalue weighted by molar-refractivity contribution is 6.03. The number of anilines is 1. The molecule has 94 valence electrons. The number of aromatic nitrogens is 1. The van der Waals surface area contributed by atoms with Gasteiger partial charge in [-0.15, -0.1) is 0 Å². The zero-order valence-electron chi connectivity index (χ0n) is 10.2. The normalized spacial score (nSPS) is 10.3. The van der Waals surface area contributed by atoms with E-state index in [1.54, 1.807) is 4.90 Å². The molecule has 5 heteroatoms. The third-order valence-corrected chi connectivity index (χ3v) is 2.57. The molecule has 1 aromatic heterocycles. The van der Waals surface area contributed by atoms with Gasteiger partial charge < -0.3 is 15.1 Å². The van der Waals surface area contributed by atoms with Crippen LogP contribution in [0.15, 0.2) is 40.9 Å². The van der Waals surface area contributed by atoms with E-state index in [2.05, 4.69) is 4.98 Å². The predicted molar refractivity (Wildman–Crippen MR) is 68.2 cm³/mol. The number of rotatable bonds is 4. The van der Waals surface area contributed by atoms with Crippen LogP contribution in [-0.2, 0) is 6.54 Å². The Balaban J connectivity index is 2.25. The van der Waals surface area contributed by atoms with Gasteiger partial charge in [-0.1, -0.05) is 18.2 Å². The van der Waals surface area contributed by atoms with Crippen LogP contribution >= 0.6 is 0 Å². The number of hydrogen-bond acceptors (Lipinski definition) is 4. The van der Waals surface area contributed by atoms with Crippen LogP contribution in [0, 0.1) is 0 Å². The quantitative estimate of drug-likeness (QED) is 0.891. The molecule has 2 rings (SSSR count). The van der Waals surface area contributed by atoms with Gasteiger partial charge in [-0.3, -0.25) is 4.79 Å². The van der Waals surface area contributed by atoms with Crippen molar-refractivity contribution in [2.45, 2.75) is 13.5 Å². The van der Waals surface area contributed by atoms with Gasteiger partial charge in [0.05, 0.1) is 12.7 Å². The first-order valence-corrected chi connectivity index (χ1v) is 5.78. The molecule has 2 aromatic rings. The molecular formula is C13H15N3O2. The van der Waals surface area contributed by atoms with E-state index in [4.69, 9.17) is 10.2 Å². The predicted octanol–water partition coefficient (Wildman–Crippen LogP) is 1.80. The molecule has 0 spiro atoms. The molecule has 1 amide bonds. The molecule has 0 radical (unpaired) electrons. The van der Waals surface area contributed by atoms with Crippen LogP contribution < -0.4 is 10.6 Å². The molecule has 0 aliphatic rings. The molecule has 1 heterocycles. The maximum absolute atomic E-state index is 12.3. The van der Waals surface area contributed by atoms with Crippen LogP contribution in [0.5, 0.6) is 0 Å². The molecule has 2 N–H and O–H groups in total. The van der Waals surface area contributed by atoms with Crippen molar-refractivity contribution in [3.63, 3.8) is 0 Å². The lowest BCUT2D eigenvalue weighted by atomic mass is 10.2. The number of para-hydroxylation sites is 1. The van der Waals surface area contributed by atoms with Crippen LogP contribution in [-0.4, -0.2) is 17.4 Å². The first kappa shape index (κ1) is 12.3. The molecular weight excluding hydrogens is 230 g/mol. The second-order valence-corrected chi connectivity index (χ2v) is 3.71. The van der Waals surface area contributed by atoms with Crippen molar-refractivity contribution in [1.82, 2.24) is 4.98 Å². The minimum atomic E-state index is -0.212. The van der Waals surface area contributed by atoms with E-state index >= 15 is 0 Å². The first-order valence-electron chi connectivity index (χ1n) is 5.78. The SMILES string of the molecule is CCN(C(=O)c1cnc(CN)o1)c1ccccc1. The lowest BCUT2D eigenvalue weighted by molar-refractivity contribution is 0.0960. The Morgan fingerprint density at radius 1 is 1.39 bits per heavy atom. The van der Waals surface area contributed by atoms with E-state index in [0.717, 1.165) is 5.69 Å². The average molecular weight is 245 g/mol. The summed E-state index contributed by atoms with van der Waals surface area (Å²) < 4.78 is 5.27. The Morgan fingerprint density at radius 2 is 2.11 bits per heavy atom. The van der Waals surface area contributed by atoms with Gasteiger partial charge in [0.15, 0.2) is 0 Å². The van der Waals surface area contributed by atoms with Gasteiger partial charge in [0.1, 0.15) is 0 Å². The fourth-order valence-corrected chi connectivity index (χ4v) is 1.69. The zero-order chi connectivity index (χ0) is 13.0. The highest BCUT2D eigenvalue weighted by Crippen LogP contribution is 2.16. The molecule has 1 aromatic carbocycles.